The highest BCUT2D eigenvalue weighted by Gasteiger charge is 2.36. The van der Waals surface area contributed by atoms with Crippen LogP contribution in [-0.4, -0.2) is 55.3 Å². The molecule has 1 amide bonds. The van der Waals surface area contributed by atoms with E-state index in [0.717, 1.165) is 30.6 Å². The van der Waals surface area contributed by atoms with Crippen LogP contribution < -0.4 is 4.90 Å². The second-order valence-electron chi connectivity index (χ2n) is 8.53. The second-order valence-corrected chi connectivity index (χ2v) is 8.97. The number of fused-ring (bicyclic) bond motifs is 1. The predicted molar refractivity (Wildman–Crippen MR) is 109 cm³/mol. The van der Waals surface area contributed by atoms with Crippen LogP contribution in [0.1, 0.15) is 51.5 Å². The molecule has 3 rings (SSSR count). The minimum atomic E-state index is -0.486. The molecule has 1 aromatic rings. The molecule has 0 aliphatic carbocycles. The number of esters is 1. The van der Waals surface area contributed by atoms with Gasteiger partial charge in [-0.15, -0.1) is 0 Å². The van der Waals surface area contributed by atoms with Crippen molar-refractivity contribution in [2.45, 2.75) is 57.6 Å². The molecular weight excluding hydrogens is 380 g/mol. The average Bonchev–Trinajstić information content (AvgIpc) is 2.97. The molecule has 1 aromatic carbocycles. The number of nitrogens with zero attached hydrogens (tertiary/aromatic N) is 2. The molecule has 0 N–H and O–H groups in total. The fourth-order valence-electron chi connectivity index (χ4n) is 4.04. The predicted octanol–water partition coefficient (Wildman–Crippen LogP) is 4.21. The molecule has 6 nitrogen and oxygen atoms in total. The number of methoxy groups -OCH3 is 1. The quantitative estimate of drug-likeness (QED) is 0.701. The van der Waals surface area contributed by atoms with Crippen LogP contribution in [0, 0.1) is 0 Å². The largest absolute Gasteiger partial charge is 0.469 e. The van der Waals surface area contributed by atoms with E-state index in [-0.39, 0.29) is 18.0 Å². The molecule has 28 heavy (non-hydrogen) atoms. The van der Waals surface area contributed by atoms with Crippen molar-refractivity contribution in [1.29, 1.82) is 0 Å². The number of hydrogen-bond acceptors (Lipinski definition) is 5. The van der Waals surface area contributed by atoms with Gasteiger partial charge in [-0.1, -0.05) is 17.7 Å². The molecule has 0 aromatic heterocycles. The van der Waals surface area contributed by atoms with E-state index in [4.69, 9.17) is 21.1 Å². The van der Waals surface area contributed by atoms with Gasteiger partial charge in [-0.05, 0) is 51.3 Å². The summed E-state index contributed by atoms with van der Waals surface area (Å²) in [7, 11) is 1.42. The van der Waals surface area contributed by atoms with Crippen molar-refractivity contribution in [2.75, 3.05) is 31.6 Å². The summed E-state index contributed by atoms with van der Waals surface area (Å²) in [5, 5.41) is 0.689. The van der Waals surface area contributed by atoms with Crippen LogP contribution in [0.4, 0.5) is 10.5 Å². The zero-order chi connectivity index (χ0) is 20.5. The summed E-state index contributed by atoms with van der Waals surface area (Å²) < 4.78 is 10.4. The van der Waals surface area contributed by atoms with Gasteiger partial charge >= 0.3 is 12.1 Å². The van der Waals surface area contributed by atoms with Crippen molar-refractivity contribution in [3.8, 4) is 0 Å². The van der Waals surface area contributed by atoms with Crippen LogP contribution in [0.2, 0.25) is 5.02 Å². The van der Waals surface area contributed by atoms with E-state index >= 15 is 0 Å². The Morgan fingerprint density at radius 1 is 1.21 bits per heavy atom. The number of hydrogen-bond donors (Lipinski definition) is 0. The smallest absolute Gasteiger partial charge is 0.410 e. The van der Waals surface area contributed by atoms with Crippen LogP contribution in [0.15, 0.2) is 18.2 Å². The molecule has 154 valence electrons. The minimum absolute atomic E-state index is 0.101. The number of benzene rings is 1. The first-order valence-electron chi connectivity index (χ1n) is 9.79. The molecule has 2 heterocycles. The molecule has 0 bridgehead atoms. The first kappa shape index (κ1) is 20.8. The highest BCUT2D eigenvalue weighted by molar-refractivity contribution is 6.30. The maximum atomic E-state index is 12.3. The van der Waals surface area contributed by atoms with E-state index in [1.165, 1.54) is 7.11 Å². The molecule has 2 aliphatic rings. The number of piperidine rings is 1. The fraction of sp³-hybridized carbons (Fsp3) is 0.619. The van der Waals surface area contributed by atoms with E-state index in [0.29, 0.717) is 30.6 Å². The molecule has 0 radical (unpaired) electrons. The first-order valence-corrected chi connectivity index (χ1v) is 10.2. The van der Waals surface area contributed by atoms with Gasteiger partial charge in [-0.2, -0.15) is 0 Å². The van der Waals surface area contributed by atoms with Gasteiger partial charge in [0.1, 0.15) is 5.60 Å². The van der Waals surface area contributed by atoms with Crippen molar-refractivity contribution in [2.24, 2.45) is 0 Å². The number of carbonyl (C=O) groups excluding carboxylic acids is 2. The third-order valence-electron chi connectivity index (χ3n) is 5.36. The number of ether oxygens (including phenoxy) is 2. The Labute approximate surface area is 171 Å². The van der Waals surface area contributed by atoms with Gasteiger partial charge in [-0.3, -0.25) is 4.79 Å². The summed E-state index contributed by atoms with van der Waals surface area (Å²) in [6.45, 7) is 7.72. The number of amides is 1. The monoisotopic (exact) mass is 408 g/mol. The Morgan fingerprint density at radius 3 is 2.50 bits per heavy atom. The van der Waals surface area contributed by atoms with Gasteiger partial charge in [0.2, 0.25) is 0 Å². The van der Waals surface area contributed by atoms with Crippen LogP contribution in [0.25, 0.3) is 0 Å². The van der Waals surface area contributed by atoms with Crippen LogP contribution in [0.3, 0.4) is 0 Å². The number of likely N-dealkylation sites (tertiary alicyclic amines) is 1. The lowest BCUT2D eigenvalue weighted by Gasteiger charge is -2.38. The van der Waals surface area contributed by atoms with Gasteiger partial charge < -0.3 is 19.3 Å². The van der Waals surface area contributed by atoms with Gasteiger partial charge in [0, 0.05) is 42.3 Å². The van der Waals surface area contributed by atoms with E-state index in [1.807, 2.05) is 39.0 Å². The molecule has 1 atom stereocenters. The number of rotatable bonds is 3. The Balaban J connectivity index is 1.69. The zero-order valence-electron chi connectivity index (χ0n) is 17.0. The standard InChI is InChI=1S/C21H29ClN2O4/c1-21(2,3)28-20(26)23-9-7-16(8-10-23)24-13-14(11-19(25)27-4)17-6-5-15(22)12-18(17)24/h5-6,12,14,16H,7-11,13H2,1-4H3. The van der Waals surface area contributed by atoms with E-state index in [2.05, 4.69) is 4.90 Å². The van der Waals surface area contributed by atoms with Gasteiger partial charge in [0.05, 0.1) is 13.5 Å². The summed E-state index contributed by atoms with van der Waals surface area (Å²) in [6.07, 6.45) is 1.82. The molecule has 2 aliphatic heterocycles. The molecule has 0 spiro atoms. The van der Waals surface area contributed by atoms with E-state index in [1.54, 1.807) is 4.90 Å². The molecule has 7 heteroatoms. The highest BCUT2D eigenvalue weighted by Crippen LogP contribution is 2.42. The maximum Gasteiger partial charge on any atom is 0.410 e. The summed E-state index contributed by atoms with van der Waals surface area (Å²) in [6, 6.07) is 6.17. The van der Waals surface area contributed by atoms with Crippen LogP contribution in [-0.2, 0) is 14.3 Å². The average molecular weight is 409 g/mol. The van der Waals surface area contributed by atoms with E-state index in [9.17, 15) is 9.59 Å². The van der Waals surface area contributed by atoms with Crippen molar-refractivity contribution in [3.05, 3.63) is 28.8 Å². The third kappa shape index (κ3) is 4.72. The zero-order valence-corrected chi connectivity index (χ0v) is 17.8. The minimum Gasteiger partial charge on any atom is -0.469 e. The normalized spacial score (nSPS) is 20.1. The summed E-state index contributed by atoms with van der Waals surface area (Å²) in [5.74, 6) is -0.101. The second kappa shape index (κ2) is 8.19. The van der Waals surface area contributed by atoms with Crippen molar-refractivity contribution >= 4 is 29.4 Å². The molecule has 1 unspecified atom stereocenters. The molecular formula is C21H29ClN2O4. The summed E-state index contributed by atoms with van der Waals surface area (Å²) in [5.41, 5.74) is 1.75. The lowest BCUT2D eigenvalue weighted by Crippen LogP contribution is -2.47. The van der Waals surface area contributed by atoms with Crippen LogP contribution >= 0.6 is 11.6 Å². The SMILES string of the molecule is COC(=O)CC1CN(C2CCN(C(=O)OC(C)(C)C)CC2)c2cc(Cl)ccc21. The van der Waals surface area contributed by atoms with E-state index < -0.39 is 5.60 Å². The number of anilines is 1. The van der Waals surface area contributed by atoms with Gasteiger partial charge in [-0.25, -0.2) is 4.79 Å². The highest BCUT2D eigenvalue weighted by atomic mass is 35.5. The summed E-state index contributed by atoms with van der Waals surface area (Å²) >= 11 is 6.25. The lowest BCUT2D eigenvalue weighted by molar-refractivity contribution is -0.141. The van der Waals surface area contributed by atoms with Crippen molar-refractivity contribution in [1.82, 2.24) is 4.90 Å². The van der Waals surface area contributed by atoms with Crippen LogP contribution in [0.5, 0.6) is 0 Å². The molecule has 0 saturated carbocycles. The topological polar surface area (TPSA) is 59.1 Å². The fourth-order valence-corrected chi connectivity index (χ4v) is 4.20. The summed E-state index contributed by atoms with van der Waals surface area (Å²) in [4.78, 5) is 28.3. The first-order chi connectivity index (χ1) is 13.2. The van der Waals surface area contributed by atoms with Crippen molar-refractivity contribution < 1.29 is 19.1 Å². The molecule has 1 saturated heterocycles. The third-order valence-corrected chi connectivity index (χ3v) is 5.59. The Bertz CT molecular complexity index is 738. The number of halogens is 1. The Morgan fingerprint density at radius 2 is 1.89 bits per heavy atom. The Hall–Kier alpha value is -1.95. The van der Waals surface area contributed by atoms with Crippen molar-refractivity contribution in [3.63, 3.8) is 0 Å². The van der Waals surface area contributed by atoms with Gasteiger partial charge in [0.25, 0.3) is 0 Å². The maximum absolute atomic E-state index is 12.3. The number of carbonyl (C=O) groups is 2. The Kier molecular flexibility index (Phi) is 6.08. The van der Waals surface area contributed by atoms with Gasteiger partial charge in [0.15, 0.2) is 0 Å². The molecule has 1 fully saturated rings. The lowest BCUT2D eigenvalue weighted by atomic mass is 9.98.